The van der Waals surface area contributed by atoms with Crippen molar-refractivity contribution in [2.45, 2.75) is 50.5 Å². The van der Waals surface area contributed by atoms with Crippen LogP contribution in [0.25, 0.3) is 0 Å². The average Bonchev–Trinajstić information content (AvgIpc) is 2.50. The molecule has 1 unspecified atom stereocenters. The molecule has 1 saturated heterocycles. The van der Waals surface area contributed by atoms with Crippen LogP contribution in [0.1, 0.15) is 55.3 Å². The highest BCUT2D eigenvalue weighted by atomic mass is 79.9. The van der Waals surface area contributed by atoms with Gasteiger partial charge in [0.05, 0.1) is 5.60 Å². The van der Waals surface area contributed by atoms with E-state index in [-0.39, 0.29) is 17.3 Å². The Bertz CT molecular complexity index is 530. The van der Waals surface area contributed by atoms with Crippen LogP contribution in [0, 0.1) is 5.92 Å². The van der Waals surface area contributed by atoms with E-state index in [1.807, 2.05) is 18.2 Å². The summed E-state index contributed by atoms with van der Waals surface area (Å²) >= 11 is 6.97. The number of rotatable bonds is 2. The van der Waals surface area contributed by atoms with Crippen LogP contribution < -0.4 is 0 Å². The van der Waals surface area contributed by atoms with Crippen LogP contribution in [0.4, 0.5) is 0 Å². The Morgan fingerprint density at radius 2 is 1.95 bits per heavy atom. The van der Waals surface area contributed by atoms with Gasteiger partial charge in [0.1, 0.15) is 0 Å². The lowest BCUT2D eigenvalue weighted by atomic mass is 9.74. The van der Waals surface area contributed by atoms with E-state index in [9.17, 15) is 4.79 Å². The molecule has 0 bridgehead atoms. The van der Waals surface area contributed by atoms with E-state index in [4.69, 9.17) is 4.74 Å². The van der Waals surface area contributed by atoms with Gasteiger partial charge in [0.15, 0.2) is 5.78 Å². The maximum absolute atomic E-state index is 12.9. The summed E-state index contributed by atoms with van der Waals surface area (Å²) in [5.41, 5.74) is 0.775. The zero-order valence-corrected chi connectivity index (χ0v) is 15.2. The summed E-state index contributed by atoms with van der Waals surface area (Å²) in [7, 11) is 0. The van der Waals surface area contributed by atoms with Crippen molar-refractivity contribution >= 4 is 37.6 Å². The van der Waals surface area contributed by atoms with Gasteiger partial charge < -0.3 is 4.74 Å². The fourth-order valence-corrected chi connectivity index (χ4v) is 4.51. The van der Waals surface area contributed by atoms with Crippen LogP contribution >= 0.6 is 31.9 Å². The molecule has 1 aliphatic heterocycles. The van der Waals surface area contributed by atoms with E-state index < -0.39 is 0 Å². The first kappa shape index (κ1) is 15.7. The van der Waals surface area contributed by atoms with Gasteiger partial charge in [-0.15, -0.1) is 0 Å². The number of Topliss-reactive ketones (excluding diaryl/α,β-unsaturated/α-hetero) is 1. The summed E-state index contributed by atoms with van der Waals surface area (Å²) in [6.45, 7) is 0.724. The number of hydrogen-bond acceptors (Lipinski definition) is 2. The molecule has 1 aliphatic carbocycles. The molecule has 2 nitrogen and oxygen atoms in total. The van der Waals surface area contributed by atoms with Crippen molar-refractivity contribution in [3.8, 4) is 0 Å². The largest absolute Gasteiger partial charge is 0.375 e. The first-order valence-electron chi connectivity index (χ1n) is 7.73. The molecule has 1 atom stereocenters. The molecule has 114 valence electrons. The van der Waals surface area contributed by atoms with Crippen LogP contribution in [-0.4, -0.2) is 18.0 Å². The van der Waals surface area contributed by atoms with Crippen LogP contribution in [-0.2, 0) is 4.74 Å². The van der Waals surface area contributed by atoms with Crippen LogP contribution in [0.5, 0.6) is 0 Å². The smallest absolute Gasteiger partial charge is 0.167 e. The molecule has 0 aromatic heterocycles. The highest BCUT2D eigenvalue weighted by Gasteiger charge is 2.41. The minimum Gasteiger partial charge on any atom is -0.375 e. The van der Waals surface area contributed by atoms with Crippen LogP contribution in [0.2, 0.25) is 0 Å². The van der Waals surface area contributed by atoms with E-state index in [0.717, 1.165) is 46.8 Å². The van der Waals surface area contributed by atoms with Crippen LogP contribution in [0.3, 0.4) is 0 Å². The maximum atomic E-state index is 12.9. The summed E-state index contributed by atoms with van der Waals surface area (Å²) in [4.78, 5) is 12.9. The van der Waals surface area contributed by atoms with Gasteiger partial charge in [-0.2, -0.15) is 0 Å². The maximum Gasteiger partial charge on any atom is 0.167 e. The number of halogens is 2. The Labute approximate surface area is 142 Å². The summed E-state index contributed by atoms with van der Waals surface area (Å²) in [6.07, 6.45) is 7.76. The molecule has 3 rings (SSSR count). The van der Waals surface area contributed by atoms with E-state index >= 15 is 0 Å². The Kier molecular flexibility index (Phi) is 4.87. The molecule has 0 radical (unpaired) electrons. The van der Waals surface area contributed by atoms with Gasteiger partial charge in [0.25, 0.3) is 0 Å². The molecule has 1 spiro atoms. The monoisotopic (exact) mass is 414 g/mol. The molecule has 2 fully saturated rings. The average molecular weight is 416 g/mol. The highest BCUT2D eigenvalue weighted by Crippen LogP contribution is 2.42. The second-order valence-electron chi connectivity index (χ2n) is 6.27. The zero-order valence-electron chi connectivity index (χ0n) is 12.0. The van der Waals surface area contributed by atoms with Crippen molar-refractivity contribution in [1.82, 2.24) is 0 Å². The lowest BCUT2D eigenvalue weighted by Gasteiger charge is -2.43. The predicted molar refractivity (Wildman–Crippen MR) is 90.7 cm³/mol. The fourth-order valence-electron chi connectivity index (χ4n) is 3.70. The minimum atomic E-state index is -0.0185. The van der Waals surface area contributed by atoms with Gasteiger partial charge in [-0.1, -0.05) is 51.1 Å². The third-order valence-electron chi connectivity index (χ3n) is 4.82. The van der Waals surface area contributed by atoms with E-state index in [0.29, 0.717) is 0 Å². The second-order valence-corrected chi connectivity index (χ2v) is 8.04. The number of ether oxygens (including phenoxy) is 1. The van der Waals surface area contributed by atoms with Gasteiger partial charge >= 0.3 is 0 Å². The molecule has 4 heteroatoms. The molecular formula is C17H20Br2O2. The molecule has 0 amide bonds. The number of hydrogen-bond donors (Lipinski definition) is 0. The standard InChI is InChI=1S/C17H20Br2O2/c18-13-4-5-15(19)14(10-13)16(20)12-6-9-21-17(11-12)7-2-1-3-8-17/h4-5,10,12H,1-3,6-9,11H2. The Balaban J connectivity index is 1.79. The molecule has 2 aliphatic rings. The lowest BCUT2D eigenvalue weighted by molar-refractivity contribution is -0.111. The predicted octanol–water partition coefficient (Wildman–Crippen LogP) is 5.52. The summed E-state index contributed by atoms with van der Waals surface area (Å²) in [5, 5.41) is 0. The first-order chi connectivity index (χ1) is 10.1. The molecule has 1 aromatic carbocycles. The normalized spacial score (nSPS) is 25.0. The first-order valence-corrected chi connectivity index (χ1v) is 9.31. The molecule has 21 heavy (non-hydrogen) atoms. The van der Waals surface area contributed by atoms with E-state index in [1.165, 1.54) is 19.3 Å². The summed E-state index contributed by atoms with van der Waals surface area (Å²) < 4.78 is 7.94. The van der Waals surface area contributed by atoms with Crippen LogP contribution in [0.15, 0.2) is 27.1 Å². The second kappa shape index (κ2) is 6.51. The summed E-state index contributed by atoms with van der Waals surface area (Å²) in [6, 6.07) is 5.82. The quantitative estimate of drug-likeness (QED) is 0.594. The Morgan fingerprint density at radius 3 is 2.71 bits per heavy atom. The number of benzene rings is 1. The molecule has 0 N–H and O–H groups in total. The van der Waals surface area contributed by atoms with Crippen molar-refractivity contribution in [2.24, 2.45) is 5.92 Å². The third-order valence-corrected chi connectivity index (χ3v) is 6.01. The van der Waals surface area contributed by atoms with Crippen molar-refractivity contribution in [2.75, 3.05) is 6.61 Å². The van der Waals surface area contributed by atoms with Crippen molar-refractivity contribution < 1.29 is 9.53 Å². The fraction of sp³-hybridized carbons (Fsp3) is 0.588. The van der Waals surface area contributed by atoms with Gasteiger partial charge in [0, 0.05) is 27.0 Å². The number of carbonyl (C=O) groups excluding carboxylic acids is 1. The highest BCUT2D eigenvalue weighted by molar-refractivity contribution is 9.11. The molecule has 1 heterocycles. The zero-order chi connectivity index (χ0) is 14.9. The Morgan fingerprint density at radius 1 is 1.19 bits per heavy atom. The minimum absolute atomic E-state index is 0.0185. The van der Waals surface area contributed by atoms with Gasteiger partial charge in [-0.25, -0.2) is 0 Å². The topological polar surface area (TPSA) is 26.3 Å². The lowest BCUT2D eigenvalue weighted by Crippen LogP contribution is -2.43. The number of carbonyl (C=O) groups is 1. The van der Waals surface area contributed by atoms with E-state index in [2.05, 4.69) is 31.9 Å². The SMILES string of the molecule is O=C(c1cc(Br)ccc1Br)C1CCOC2(CCCCC2)C1. The van der Waals surface area contributed by atoms with Gasteiger partial charge in [-0.3, -0.25) is 4.79 Å². The molecular weight excluding hydrogens is 396 g/mol. The molecule has 1 saturated carbocycles. The van der Waals surface area contributed by atoms with Crippen molar-refractivity contribution in [3.63, 3.8) is 0 Å². The van der Waals surface area contributed by atoms with Gasteiger partial charge in [0.2, 0.25) is 0 Å². The van der Waals surface area contributed by atoms with Crippen molar-refractivity contribution in [1.29, 1.82) is 0 Å². The van der Waals surface area contributed by atoms with Crippen molar-refractivity contribution in [3.05, 3.63) is 32.7 Å². The number of ketones is 1. The van der Waals surface area contributed by atoms with E-state index in [1.54, 1.807) is 0 Å². The Hall–Kier alpha value is -0.190. The summed E-state index contributed by atoms with van der Waals surface area (Å²) in [5.74, 6) is 0.360. The third kappa shape index (κ3) is 3.43. The molecule has 1 aromatic rings. The van der Waals surface area contributed by atoms with Gasteiger partial charge in [-0.05, 0) is 43.9 Å².